The number of carboxylic acid groups (broad SMARTS) is 1. The second-order valence-electron chi connectivity index (χ2n) is 6.56. The molecule has 1 heterocycles. The van der Waals surface area contributed by atoms with E-state index in [1.807, 2.05) is 30.9 Å². The normalized spacial score (nSPS) is 17.0. The number of carbonyl (C=O) groups is 2. The number of nitrogens with zero attached hydrogens (tertiary/aromatic N) is 1. The molecule has 5 heteroatoms. The van der Waals surface area contributed by atoms with Crippen LogP contribution in [0.3, 0.4) is 0 Å². The molecule has 2 aromatic rings. The molecule has 0 aromatic heterocycles. The zero-order valence-corrected chi connectivity index (χ0v) is 14.4. The zero-order valence-electron chi connectivity index (χ0n) is 14.4. The number of ether oxygens (including phenoxy) is 1. The standard InChI is InChI=1S/C20H21NO4/c1-13-7-14(2)9-17(8-13)21-11-15(10-19(21)22)12-25-18-5-3-16(4-6-18)20(23)24/h3-9,15H,10-12H2,1-2H3,(H,23,24). The number of carbonyl (C=O) groups excluding carboxylic acids is 1. The fourth-order valence-corrected chi connectivity index (χ4v) is 3.16. The van der Waals surface area contributed by atoms with Gasteiger partial charge in [0.2, 0.25) is 5.91 Å². The predicted molar refractivity (Wildman–Crippen MR) is 95.3 cm³/mol. The van der Waals surface area contributed by atoms with E-state index in [0.717, 1.165) is 16.8 Å². The van der Waals surface area contributed by atoms with Gasteiger partial charge in [0.05, 0.1) is 12.2 Å². The summed E-state index contributed by atoms with van der Waals surface area (Å²) >= 11 is 0. The molecule has 0 aliphatic carbocycles. The highest BCUT2D eigenvalue weighted by atomic mass is 16.5. The van der Waals surface area contributed by atoms with Crippen molar-refractivity contribution in [1.82, 2.24) is 0 Å². The van der Waals surface area contributed by atoms with E-state index in [1.165, 1.54) is 12.1 Å². The van der Waals surface area contributed by atoms with Crippen LogP contribution in [0.15, 0.2) is 42.5 Å². The molecule has 130 valence electrons. The van der Waals surface area contributed by atoms with E-state index in [4.69, 9.17) is 9.84 Å². The summed E-state index contributed by atoms with van der Waals surface area (Å²) in [7, 11) is 0. The lowest BCUT2D eigenvalue weighted by Gasteiger charge is -2.18. The molecule has 1 N–H and O–H groups in total. The lowest BCUT2D eigenvalue weighted by Crippen LogP contribution is -2.25. The van der Waals surface area contributed by atoms with Gasteiger partial charge in [0.1, 0.15) is 5.75 Å². The summed E-state index contributed by atoms with van der Waals surface area (Å²) in [5.74, 6) is -0.119. The maximum Gasteiger partial charge on any atom is 0.335 e. The molecule has 1 amide bonds. The van der Waals surface area contributed by atoms with Crippen LogP contribution in [-0.4, -0.2) is 30.1 Å². The van der Waals surface area contributed by atoms with Crippen LogP contribution in [0.4, 0.5) is 5.69 Å². The van der Waals surface area contributed by atoms with Crippen molar-refractivity contribution in [2.75, 3.05) is 18.1 Å². The van der Waals surface area contributed by atoms with Crippen molar-refractivity contribution in [3.63, 3.8) is 0 Å². The maximum atomic E-state index is 12.3. The van der Waals surface area contributed by atoms with Crippen molar-refractivity contribution in [3.05, 3.63) is 59.2 Å². The van der Waals surface area contributed by atoms with Crippen molar-refractivity contribution in [1.29, 1.82) is 0 Å². The predicted octanol–water partition coefficient (Wildman–Crippen LogP) is 3.43. The van der Waals surface area contributed by atoms with Crippen LogP contribution in [-0.2, 0) is 4.79 Å². The minimum absolute atomic E-state index is 0.111. The Bertz CT molecular complexity index is 778. The molecule has 1 saturated heterocycles. The van der Waals surface area contributed by atoms with Crippen LogP contribution in [0.25, 0.3) is 0 Å². The van der Waals surface area contributed by atoms with Gasteiger partial charge in [-0.05, 0) is 61.4 Å². The van der Waals surface area contributed by atoms with Crippen LogP contribution in [0.5, 0.6) is 5.75 Å². The molecule has 0 bridgehead atoms. The summed E-state index contributed by atoms with van der Waals surface area (Å²) < 4.78 is 5.73. The summed E-state index contributed by atoms with van der Waals surface area (Å²) in [5.41, 5.74) is 3.45. The maximum absolute atomic E-state index is 12.3. The van der Waals surface area contributed by atoms with E-state index in [1.54, 1.807) is 12.1 Å². The summed E-state index contributed by atoms with van der Waals surface area (Å²) in [6.07, 6.45) is 0.459. The van der Waals surface area contributed by atoms with Gasteiger partial charge < -0.3 is 14.7 Å². The van der Waals surface area contributed by atoms with Gasteiger partial charge in [0, 0.05) is 24.6 Å². The first-order valence-corrected chi connectivity index (χ1v) is 8.27. The van der Waals surface area contributed by atoms with Gasteiger partial charge in [-0.1, -0.05) is 6.07 Å². The Labute approximate surface area is 146 Å². The topological polar surface area (TPSA) is 66.8 Å². The third kappa shape index (κ3) is 3.99. The first-order chi connectivity index (χ1) is 11.9. The third-order valence-corrected chi connectivity index (χ3v) is 4.31. The Kier molecular flexibility index (Phi) is 4.74. The van der Waals surface area contributed by atoms with Gasteiger partial charge >= 0.3 is 5.97 Å². The first-order valence-electron chi connectivity index (χ1n) is 8.27. The number of aryl methyl sites for hydroxylation is 2. The second kappa shape index (κ2) is 6.97. The highest BCUT2D eigenvalue weighted by molar-refractivity contribution is 5.95. The van der Waals surface area contributed by atoms with Crippen molar-refractivity contribution >= 4 is 17.6 Å². The number of anilines is 1. The first kappa shape index (κ1) is 17.0. The highest BCUT2D eigenvalue weighted by Gasteiger charge is 2.31. The molecule has 25 heavy (non-hydrogen) atoms. The fourth-order valence-electron chi connectivity index (χ4n) is 3.16. The van der Waals surface area contributed by atoms with E-state index in [0.29, 0.717) is 25.3 Å². The molecule has 1 aliphatic heterocycles. The Morgan fingerprint density at radius 1 is 1.16 bits per heavy atom. The second-order valence-corrected chi connectivity index (χ2v) is 6.56. The number of amides is 1. The molecule has 1 atom stereocenters. The van der Waals surface area contributed by atoms with Crippen molar-refractivity contribution < 1.29 is 19.4 Å². The molecule has 0 radical (unpaired) electrons. The minimum Gasteiger partial charge on any atom is -0.493 e. The molecular formula is C20H21NO4. The fraction of sp³-hybridized carbons (Fsp3) is 0.300. The molecule has 1 fully saturated rings. The van der Waals surface area contributed by atoms with E-state index < -0.39 is 5.97 Å². The van der Waals surface area contributed by atoms with Crippen molar-refractivity contribution in [2.24, 2.45) is 5.92 Å². The largest absolute Gasteiger partial charge is 0.493 e. The lowest BCUT2D eigenvalue weighted by molar-refractivity contribution is -0.117. The quantitative estimate of drug-likeness (QED) is 0.906. The van der Waals surface area contributed by atoms with Gasteiger partial charge in [-0.25, -0.2) is 4.79 Å². The SMILES string of the molecule is Cc1cc(C)cc(N2CC(COc3ccc(C(=O)O)cc3)CC2=O)c1. The molecule has 0 spiro atoms. The highest BCUT2D eigenvalue weighted by Crippen LogP contribution is 2.27. The molecule has 0 saturated carbocycles. The Morgan fingerprint density at radius 3 is 2.40 bits per heavy atom. The molecule has 2 aromatic carbocycles. The molecule has 3 rings (SSSR count). The van der Waals surface area contributed by atoms with Crippen molar-refractivity contribution in [2.45, 2.75) is 20.3 Å². The third-order valence-electron chi connectivity index (χ3n) is 4.31. The summed E-state index contributed by atoms with van der Waals surface area (Å²) in [6.45, 7) is 5.12. The smallest absolute Gasteiger partial charge is 0.335 e. The number of rotatable bonds is 5. The number of hydrogen-bond acceptors (Lipinski definition) is 3. The van der Waals surface area contributed by atoms with E-state index in [-0.39, 0.29) is 17.4 Å². The van der Waals surface area contributed by atoms with Crippen LogP contribution in [0, 0.1) is 19.8 Å². The van der Waals surface area contributed by atoms with E-state index >= 15 is 0 Å². The van der Waals surface area contributed by atoms with Crippen LogP contribution >= 0.6 is 0 Å². The van der Waals surface area contributed by atoms with Crippen LogP contribution in [0.2, 0.25) is 0 Å². The van der Waals surface area contributed by atoms with Crippen LogP contribution in [0.1, 0.15) is 27.9 Å². The van der Waals surface area contributed by atoms with Gasteiger partial charge in [0.25, 0.3) is 0 Å². The zero-order chi connectivity index (χ0) is 18.0. The number of benzene rings is 2. The number of hydrogen-bond donors (Lipinski definition) is 1. The van der Waals surface area contributed by atoms with Gasteiger partial charge in [-0.2, -0.15) is 0 Å². The van der Waals surface area contributed by atoms with E-state index in [9.17, 15) is 9.59 Å². The Balaban J connectivity index is 1.61. The Morgan fingerprint density at radius 2 is 1.80 bits per heavy atom. The number of aromatic carboxylic acids is 1. The summed E-state index contributed by atoms with van der Waals surface area (Å²) in [5, 5.41) is 8.90. The van der Waals surface area contributed by atoms with E-state index in [2.05, 4.69) is 6.07 Å². The molecular weight excluding hydrogens is 318 g/mol. The van der Waals surface area contributed by atoms with Crippen LogP contribution < -0.4 is 9.64 Å². The molecule has 5 nitrogen and oxygen atoms in total. The van der Waals surface area contributed by atoms with Gasteiger partial charge in [-0.3, -0.25) is 4.79 Å². The minimum atomic E-state index is -0.961. The van der Waals surface area contributed by atoms with Gasteiger partial charge in [0.15, 0.2) is 0 Å². The lowest BCUT2D eigenvalue weighted by atomic mass is 10.1. The van der Waals surface area contributed by atoms with Gasteiger partial charge in [-0.15, -0.1) is 0 Å². The monoisotopic (exact) mass is 339 g/mol. The average Bonchev–Trinajstić information content (AvgIpc) is 2.93. The Hall–Kier alpha value is -2.82. The van der Waals surface area contributed by atoms with Crippen molar-refractivity contribution in [3.8, 4) is 5.75 Å². The molecule has 1 aliphatic rings. The number of carboxylic acids is 1. The summed E-state index contributed by atoms with van der Waals surface area (Å²) in [6, 6.07) is 12.4. The average molecular weight is 339 g/mol. The summed E-state index contributed by atoms with van der Waals surface area (Å²) in [4.78, 5) is 25.0. The molecule has 1 unspecified atom stereocenters.